The first kappa shape index (κ1) is 13.7. The van der Waals surface area contributed by atoms with Crippen molar-refractivity contribution in [2.24, 2.45) is 0 Å². The van der Waals surface area contributed by atoms with Gasteiger partial charge in [-0.25, -0.2) is 0 Å². The van der Waals surface area contributed by atoms with Gasteiger partial charge in [-0.05, 0) is 5.56 Å². The summed E-state index contributed by atoms with van der Waals surface area (Å²) in [6.45, 7) is 1.48. The van der Waals surface area contributed by atoms with Gasteiger partial charge in [0.1, 0.15) is 0 Å². The highest BCUT2D eigenvalue weighted by Gasteiger charge is 2.08. The van der Waals surface area contributed by atoms with Crippen molar-refractivity contribution in [1.82, 2.24) is 15.5 Å². The van der Waals surface area contributed by atoms with Crippen LogP contribution in [0.15, 0.2) is 36.5 Å². The van der Waals surface area contributed by atoms with Crippen LogP contribution in [0.4, 0.5) is 0 Å². The van der Waals surface area contributed by atoms with Gasteiger partial charge < -0.3 is 15.2 Å². The fourth-order valence-electron chi connectivity index (χ4n) is 1.92. The lowest BCUT2D eigenvalue weighted by atomic mass is 10.1. The Bertz CT molecular complexity index is 484. The van der Waals surface area contributed by atoms with Gasteiger partial charge in [0.15, 0.2) is 0 Å². The molecule has 0 spiro atoms. The Morgan fingerprint density at radius 1 is 1.37 bits per heavy atom. The van der Waals surface area contributed by atoms with Gasteiger partial charge in [-0.3, -0.25) is 5.10 Å². The van der Waals surface area contributed by atoms with Crippen LogP contribution in [-0.4, -0.2) is 41.7 Å². The molecule has 1 atom stereocenters. The summed E-state index contributed by atoms with van der Waals surface area (Å²) < 4.78 is 4.88. The molecule has 3 N–H and O–H groups in total. The molecule has 1 aromatic heterocycles. The summed E-state index contributed by atoms with van der Waals surface area (Å²) in [6, 6.07) is 10.1. The van der Waals surface area contributed by atoms with Crippen LogP contribution in [0, 0.1) is 0 Å². The van der Waals surface area contributed by atoms with E-state index in [4.69, 9.17) is 4.74 Å². The zero-order valence-corrected chi connectivity index (χ0v) is 11.0. The molecule has 0 saturated carbocycles. The number of nitrogens with zero attached hydrogens (tertiary/aromatic N) is 1. The predicted molar refractivity (Wildman–Crippen MR) is 73.6 cm³/mol. The number of methoxy groups -OCH3 is 1. The monoisotopic (exact) mass is 261 g/mol. The highest BCUT2D eigenvalue weighted by Crippen LogP contribution is 2.20. The third-order valence-electron chi connectivity index (χ3n) is 2.83. The average molecular weight is 261 g/mol. The minimum Gasteiger partial charge on any atom is -0.389 e. The number of ether oxygens (including phenoxy) is 1. The smallest absolute Gasteiger partial charge is 0.0897 e. The summed E-state index contributed by atoms with van der Waals surface area (Å²) in [7, 11) is 1.58. The first-order valence-electron chi connectivity index (χ1n) is 6.26. The summed E-state index contributed by atoms with van der Waals surface area (Å²) in [4.78, 5) is 0. The van der Waals surface area contributed by atoms with E-state index >= 15 is 0 Å². The Morgan fingerprint density at radius 3 is 2.89 bits per heavy atom. The van der Waals surface area contributed by atoms with E-state index < -0.39 is 6.10 Å². The van der Waals surface area contributed by atoms with Gasteiger partial charge in [0.2, 0.25) is 0 Å². The first-order valence-corrected chi connectivity index (χ1v) is 6.26. The predicted octanol–water partition coefficient (Wildman–Crippen LogP) is 1.17. The zero-order chi connectivity index (χ0) is 13.5. The maximum absolute atomic E-state index is 9.55. The van der Waals surface area contributed by atoms with Crippen LogP contribution < -0.4 is 5.32 Å². The highest BCUT2D eigenvalue weighted by atomic mass is 16.5. The lowest BCUT2D eigenvalue weighted by Gasteiger charge is -2.10. The van der Waals surface area contributed by atoms with Crippen LogP contribution in [0.25, 0.3) is 11.3 Å². The molecule has 0 bridgehead atoms. The van der Waals surface area contributed by atoms with Crippen LogP contribution in [0.5, 0.6) is 0 Å². The number of aliphatic hydroxyl groups is 1. The molecule has 102 valence electrons. The lowest BCUT2D eigenvalue weighted by molar-refractivity contribution is 0.0644. The van der Waals surface area contributed by atoms with Crippen molar-refractivity contribution in [1.29, 1.82) is 0 Å². The fourth-order valence-corrected chi connectivity index (χ4v) is 1.92. The number of H-pyrrole nitrogens is 1. The lowest BCUT2D eigenvalue weighted by Crippen LogP contribution is -2.29. The minimum absolute atomic E-state index is 0.337. The van der Waals surface area contributed by atoms with Gasteiger partial charge >= 0.3 is 0 Å². The minimum atomic E-state index is -0.489. The summed E-state index contributed by atoms with van der Waals surface area (Å²) in [5.74, 6) is 0. The van der Waals surface area contributed by atoms with E-state index in [0.717, 1.165) is 16.8 Å². The summed E-state index contributed by atoms with van der Waals surface area (Å²) in [6.07, 6.45) is 1.31. The number of aromatic amines is 1. The second-order valence-corrected chi connectivity index (χ2v) is 4.38. The molecule has 0 amide bonds. The number of hydrogen-bond donors (Lipinski definition) is 3. The molecule has 0 radical (unpaired) electrons. The van der Waals surface area contributed by atoms with Crippen LogP contribution in [0.2, 0.25) is 0 Å². The van der Waals surface area contributed by atoms with Gasteiger partial charge in [0.25, 0.3) is 0 Å². The van der Waals surface area contributed by atoms with Crippen LogP contribution >= 0.6 is 0 Å². The zero-order valence-electron chi connectivity index (χ0n) is 11.0. The van der Waals surface area contributed by atoms with Gasteiger partial charge in [-0.2, -0.15) is 5.10 Å². The standard InChI is InChI=1S/C14H19N3O2/c1-19-10-13(18)9-15-7-12-8-16-17-14(12)11-5-3-2-4-6-11/h2-6,8,13,15,18H,7,9-10H2,1H3,(H,16,17). The van der Waals surface area contributed by atoms with Crippen molar-refractivity contribution in [3.63, 3.8) is 0 Å². The number of hydrogen-bond acceptors (Lipinski definition) is 4. The van der Waals surface area contributed by atoms with E-state index in [0.29, 0.717) is 19.7 Å². The first-order chi connectivity index (χ1) is 9.31. The number of aromatic nitrogens is 2. The quantitative estimate of drug-likeness (QED) is 0.700. The summed E-state index contributed by atoms with van der Waals surface area (Å²) in [5, 5.41) is 19.8. The molecule has 0 saturated heterocycles. The number of benzene rings is 1. The fraction of sp³-hybridized carbons (Fsp3) is 0.357. The summed E-state index contributed by atoms with van der Waals surface area (Å²) in [5.41, 5.74) is 3.19. The molecule has 0 aliphatic rings. The second kappa shape index (κ2) is 7.04. The number of aliphatic hydroxyl groups excluding tert-OH is 1. The van der Waals surface area contributed by atoms with Crippen molar-refractivity contribution >= 4 is 0 Å². The Hall–Kier alpha value is -1.69. The van der Waals surface area contributed by atoms with Gasteiger partial charge in [-0.15, -0.1) is 0 Å². The van der Waals surface area contributed by atoms with Crippen LogP contribution in [0.1, 0.15) is 5.56 Å². The van der Waals surface area contributed by atoms with Gasteiger partial charge in [0.05, 0.1) is 24.6 Å². The van der Waals surface area contributed by atoms with Gasteiger partial charge in [0, 0.05) is 25.8 Å². The molecule has 1 unspecified atom stereocenters. The maximum Gasteiger partial charge on any atom is 0.0897 e. The van der Waals surface area contributed by atoms with E-state index in [-0.39, 0.29) is 0 Å². The normalized spacial score (nSPS) is 12.5. The second-order valence-electron chi connectivity index (χ2n) is 4.38. The Kier molecular flexibility index (Phi) is 5.09. The molecule has 0 aliphatic heterocycles. The molecule has 1 heterocycles. The Morgan fingerprint density at radius 2 is 2.16 bits per heavy atom. The SMILES string of the molecule is COCC(O)CNCc1cn[nH]c1-c1ccccc1. The van der Waals surface area contributed by atoms with Crippen molar-refractivity contribution in [3.05, 3.63) is 42.1 Å². The number of nitrogens with one attached hydrogen (secondary N) is 2. The molecular weight excluding hydrogens is 242 g/mol. The third kappa shape index (κ3) is 3.89. The van der Waals surface area contributed by atoms with Crippen LogP contribution in [-0.2, 0) is 11.3 Å². The van der Waals surface area contributed by atoms with Crippen molar-refractivity contribution in [2.45, 2.75) is 12.6 Å². The third-order valence-corrected chi connectivity index (χ3v) is 2.83. The molecule has 1 aromatic carbocycles. The number of rotatable bonds is 7. The molecule has 5 nitrogen and oxygen atoms in total. The van der Waals surface area contributed by atoms with E-state index in [1.807, 2.05) is 30.3 Å². The summed E-state index contributed by atoms with van der Waals surface area (Å²) >= 11 is 0. The van der Waals surface area contributed by atoms with Crippen molar-refractivity contribution < 1.29 is 9.84 Å². The van der Waals surface area contributed by atoms with Crippen LogP contribution in [0.3, 0.4) is 0 Å². The maximum atomic E-state index is 9.55. The van der Waals surface area contributed by atoms with E-state index in [2.05, 4.69) is 15.5 Å². The van der Waals surface area contributed by atoms with Crippen molar-refractivity contribution in [2.75, 3.05) is 20.3 Å². The van der Waals surface area contributed by atoms with E-state index in [1.54, 1.807) is 13.3 Å². The van der Waals surface area contributed by atoms with Crippen molar-refractivity contribution in [3.8, 4) is 11.3 Å². The molecule has 2 rings (SSSR count). The van der Waals surface area contributed by atoms with E-state index in [9.17, 15) is 5.11 Å². The molecule has 2 aromatic rings. The Labute approximate surface area is 112 Å². The molecule has 19 heavy (non-hydrogen) atoms. The molecule has 0 fully saturated rings. The molecular formula is C14H19N3O2. The average Bonchev–Trinajstić information content (AvgIpc) is 2.88. The topological polar surface area (TPSA) is 70.2 Å². The highest BCUT2D eigenvalue weighted by molar-refractivity contribution is 5.62. The molecule has 5 heteroatoms. The Balaban J connectivity index is 1.94. The molecule has 0 aliphatic carbocycles. The largest absolute Gasteiger partial charge is 0.389 e. The van der Waals surface area contributed by atoms with E-state index in [1.165, 1.54) is 0 Å². The van der Waals surface area contributed by atoms with Gasteiger partial charge in [-0.1, -0.05) is 30.3 Å².